The summed E-state index contributed by atoms with van der Waals surface area (Å²) in [5.74, 6) is -1.52. The predicted octanol–water partition coefficient (Wildman–Crippen LogP) is 5.23. The first kappa shape index (κ1) is 23.6. The van der Waals surface area contributed by atoms with Crippen LogP contribution in [-0.4, -0.2) is 21.5 Å². The van der Waals surface area contributed by atoms with E-state index in [2.05, 4.69) is 30.9 Å². The molecule has 32 heavy (non-hydrogen) atoms. The van der Waals surface area contributed by atoms with Gasteiger partial charge in [0.05, 0.1) is 5.69 Å². The topological polar surface area (TPSA) is 80.5 Å². The molecule has 0 aliphatic heterocycles. The summed E-state index contributed by atoms with van der Waals surface area (Å²) in [6, 6.07) is 7.36. The van der Waals surface area contributed by atoms with Gasteiger partial charge in [0.15, 0.2) is 22.8 Å². The van der Waals surface area contributed by atoms with Crippen LogP contribution in [0, 0.1) is 18.6 Å². The van der Waals surface area contributed by atoms with Gasteiger partial charge in [-0.1, -0.05) is 12.1 Å². The Morgan fingerprint density at radius 2 is 2.03 bits per heavy atom. The number of aryl methyl sites for hydroxylation is 1. The van der Waals surface area contributed by atoms with E-state index in [4.69, 9.17) is 9.15 Å². The molecule has 0 fully saturated rings. The Balaban J connectivity index is 2.11. The number of aromatic nitrogens is 2. The Kier molecular flexibility index (Phi) is 7.08. The minimum atomic E-state index is -0.964. The van der Waals surface area contributed by atoms with Crippen molar-refractivity contribution in [3.8, 4) is 0 Å². The molecule has 1 aromatic carbocycles. The highest BCUT2D eigenvalue weighted by Gasteiger charge is 2.21. The summed E-state index contributed by atoms with van der Waals surface area (Å²) in [5, 5.41) is 0. The SMILES string of the molecule is Cc1ccc(/C=C(/N=c2\[nH]cc(Br)nc2Cc2cccc(F)c2F)C(=O)OC(C)(C)C)o1. The molecule has 3 rings (SSSR count). The van der Waals surface area contributed by atoms with E-state index in [1.54, 1.807) is 39.8 Å². The number of H-pyrrole nitrogens is 1. The number of aromatic amines is 1. The number of nitrogens with zero attached hydrogens (tertiary/aromatic N) is 2. The number of halogens is 3. The molecular weight excluding hydrogens is 484 g/mol. The van der Waals surface area contributed by atoms with Gasteiger partial charge in [0.1, 0.15) is 21.7 Å². The molecule has 0 aliphatic rings. The fraction of sp³-hybridized carbons (Fsp3) is 0.261. The molecule has 2 heterocycles. The highest BCUT2D eigenvalue weighted by Crippen LogP contribution is 2.18. The zero-order chi connectivity index (χ0) is 23.5. The van der Waals surface area contributed by atoms with Crippen LogP contribution in [-0.2, 0) is 16.0 Å². The number of carbonyl (C=O) groups excluding carboxylic acids is 1. The largest absolute Gasteiger partial charge is 0.462 e. The van der Waals surface area contributed by atoms with Crippen LogP contribution in [0.15, 0.2) is 56.2 Å². The van der Waals surface area contributed by atoms with Gasteiger partial charge in [0, 0.05) is 18.7 Å². The maximum atomic E-state index is 14.2. The van der Waals surface area contributed by atoms with E-state index >= 15 is 0 Å². The van der Waals surface area contributed by atoms with Crippen molar-refractivity contribution in [1.29, 1.82) is 0 Å². The molecule has 0 saturated carbocycles. The van der Waals surface area contributed by atoms with E-state index < -0.39 is 23.2 Å². The quantitative estimate of drug-likeness (QED) is 0.380. The van der Waals surface area contributed by atoms with Gasteiger partial charge < -0.3 is 14.1 Å². The highest BCUT2D eigenvalue weighted by atomic mass is 79.9. The summed E-state index contributed by atoms with van der Waals surface area (Å²) in [7, 11) is 0. The lowest BCUT2D eigenvalue weighted by Crippen LogP contribution is -2.26. The molecule has 0 saturated heterocycles. The third-order valence-electron chi connectivity index (χ3n) is 4.11. The second-order valence-corrected chi connectivity index (χ2v) is 8.81. The van der Waals surface area contributed by atoms with Crippen LogP contribution in [0.2, 0.25) is 0 Å². The number of nitrogens with one attached hydrogen (secondary N) is 1. The number of carbonyl (C=O) groups is 1. The second-order valence-electron chi connectivity index (χ2n) is 8.00. The van der Waals surface area contributed by atoms with Crippen LogP contribution >= 0.6 is 15.9 Å². The van der Waals surface area contributed by atoms with E-state index in [0.29, 0.717) is 21.8 Å². The van der Waals surface area contributed by atoms with Crippen LogP contribution in [0.1, 0.15) is 43.5 Å². The van der Waals surface area contributed by atoms with Crippen molar-refractivity contribution < 1.29 is 22.7 Å². The first-order valence-electron chi connectivity index (χ1n) is 9.75. The lowest BCUT2D eigenvalue weighted by atomic mass is 10.1. The molecule has 168 valence electrons. The molecule has 6 nitrogen and oxygen atoms in total. The van der Waals surface area contributed by atoms with Gasteiger partial charge in [-0.15, -0.1) is 0 Å². The summed E-state index contributed by atoms with van der Waals surface area (Å²) >= 11 is 3.26. The van der Waals surface area contributed by atoms with Crippen molar-refractivity contribution in [2.45, 2.75) is 39.7 Å². The number of ether oxygens (including phenoxy) is 1. The molecule has 0 radical (unpaired) electrons. The molecule has 2 aromatic heterocycles. The van der Waals surface area contributed by atoms with E-state index in [0.717, 1.165) is 6.07 Å². The number of hydrogen-bond donors (Lipinski definition) is 1. The molecule has 1 N–H and O–H groups in total. The van der Waals surface area contributed by atoms with Crippen LogP contribution in [0.5, 0.6) is 0 Å². The minimum absolute atomic E-state index is 0.0457. The smallest absolute Gasteiger partial charge is 0.357 e. The first-order chi connectivity index (χ1) is 15.0. The van der Waals surface area contributed by atoms with Gasteiger partial charge in [-0.3, -0.25) is 0 Å². The summed E-state index contributed by atoms with van der Waals surface area (Å²) in [6.07, 6.45) is 2.91. The Morgan fingerprint density at radius 1 is 1.28 bits per heavy atom. The number of benzene rings is 1. The van der Waals surface area contributed by atoms with Crippen molar-refractivity contribution >= 4 is 28.0 Å². The van der Waals surface area contributed by atoms with Crippen LogP contribution in [0.25, 0.3) is 6.08 Å². The van der Waals surface area contributed by atoms with Crippen molar-refractivity contribution in [3.63, 3.8) is 0 Å². The molecule has 3 aromatic rings. The summed E-state index contributed by atoms with van der Waals surface area (Å²) in [4.78, 5) is 24.5. The standard InChI is InChI=1S/C23H22BrF2N3O3/c1-13-8-9-15(31-13)11-18(22(30)32-23(2,3)4)29-21-17(28-19(24)12-27-21)10-14-6-5-7-16(25)20(14)26/h5-9,11-12H,10H2,1-4H3,(H,27,29)/b18-11+. The van der Waals surface area contributed by atoms with E-state index in [1.807, 2.05) is 0 Å². The van der Waals surface area contributed by atoms with Crippen molar-refractivity contribution in [2.75, 3.05) is 0 Å². The Morgan fingerprint density at radius 3 is 2.69 bits per heavy atom. The molecule has 0 amide bonds. The maximum absolute atomic E-state index is 14.2. The lowest BCUT2D eigenvalue weighted by Gasteiger charge is -2.19. The first-order valence-corrected chi connectivity index (χ1v) is 10.5. The monoisotopic (exact) mass is 505 g/mol. The number of furan rings is 1. The fourth-order valence-electron chi connectivity index (χ4n) is 2.76. The zero-order valence-corrected chi connectivity index (χ0v) is 19.6. The van der Waals surface area contributed by atoms with Crippen molar-refractivity contribution in [1.82, 2.24) is 9.97 Å². The normalized spacial score (nSPS) is 12.8. The number of esters is 1. The third kappa shape index (κ3) is 6.23. The maximum Gasteiger partial charge on any atom is 0.357 e. The highest BCUT2D eigenvalue weighted by molar-refractivity contribution is 9.10. The van der Waals surface area contributed by atoms with Crippen LogP contribution in [0.3, 0.4) is 0 Å². The van der Waals surface area contributed by atoms with Gasteiger partial charge in [0.2, 0.25) is 0 Å². The molecule has 0 unspecified atom stereocenters. The fourth-order valence-corrected chi connectivity index (χ4v) is 3.09. The van der Waals surface area contributed by atoms with Gasteiger partial charge in [-0.25, -0.2) is 23.6 Å². The van der Waals surface area contributed by atoms with Crippen molar-refractivity contribution in [3.05, 3.63) is 86.7 Å². The average molecular weight is 506 g/mol. The molecule has 0 atom stereocenters. The molecular formula is C23H22BrF2N3O3. The van der Waals surface area contributed by atoms with Gasteiger partial charge in [-0.2, -0.15) is 0 Å². The van der Waals surface area contributed by atoms with E-state index in [-0.39, 0.29) is 23.2 Å². The molecule has 9 heteroatoms. The average Bonchev–Trinajstić information content (AvgIpc) is 3.10. The number of rotatable bonds is 5. The zero-order valence-electron chi connectivity index (χ0n) is 18.0. The minimum Gasteiger partial charge on any atom is -0.462 e. The Hall–Kier alpha value is -3.07. The number of hydrogen-bond acceptors (Lipinski definition) is 5. The predicted molar refractivity (Wildman–Crippen MR) is 118 cm³/mol. The molecule has 0 bridgehead atoms. The van der Waals surface area contributed by atoms with Gasteiger partial charge in [0.25, 0.3) is 0 Å². The van der Waals surface area contributed by atoms with Crippen LogP contribution in [0.4, 0.5) is 8.78 Å². The molecule has 0 spiro atoms. The van der Waals surface area contributed by atoms with Gasteiger partial charge in [-0.05, 0) is 67.4 Å². The summed E-state index contributed by atoms with van der Waals surface area (Å²) in [5.41, 5.74) is -0.202. The Bertz CT molecular complexity index is 1240. The summed E-state index contributed by atoms with van der Waals surface area (Å²) in [6.45, 7) is 7.00. The third-order valence-corrected chi connectivity index (χ3v) is 4.52. The van der Waals surface area contributed by atoms with Crippen LogP contribution < -0.4 is 5.49 Å². The Labute approximate surface area is 192 Å². The van der Waals surface area contributed by atoms with E-state index in [1.165, 1.54) is 24.4 Å². The second kappa shape index (κ2) is 9.60. The summed E-state index contributed by atoms with van der Waals surface area (Å²) < 4.78 is 39.3. The lowest BCUT2D eigenvalue weighted by molar-refractivity contribution is -0.149. The molecule has 0 aliphatic carbocycles. The van der Waals surface area contributed by atoms with Gasteiger partial charge >= 0.3 is 5.97 Å². The van der Waals surface area contributed by atoms with E-state index in [9.17, 15) is 13.6 Å². The van der Waals surface area contributed by atoms with Crippen molar-refractivity contribution in [2.24, 2.45) is 4.99 Å².